The lowest BCUT2D eigenvalue weighted by Gasteiger charge is -2.32. The monoisotopic (exact) mass is 277 g/mol. The SMILES string of the molecule is CCN(CCC(C)(C)C(=O)C(C)(C)C)S(C)(=O)=O. The first-order chi connectivity index (χ1) is 7.82. The van der Waals surface area contributed by atoms with Crippen molar-refractivity contribution in [2.45, 2.75) is 48.0 Å². The van der Waals surface area contributed by atoms with Gasteiger partial charge in [-0.15, -0.1) is 0 Å². The summed E-state index contributed by atoms with van der Waals surface area (Å²) >= 11 is 0. The van der Waals surface area contributed by atoms with E-state index in [1.165, 1.54) is 10.6 Å². The molecule has 0 aliphatic heterocycles. The van der Waals surface area contributed by atoms with Crippen LogP contribution >= 0.6 is 0 Å². The van der Waals surface area contributed by atoms with Gasteiger partial charge < -0.3 is 0 Å². The molecule has 0 aliphatic rings. The van der Waals surface area contributed by atoms with Gasteiger partial charge in [0.2, 0.25) is 10.0 Å². The average molecular weight is 277 g/mol. The van der Waals surface area contributed by atoms with Crippen LogP contribution < -0.4 is 0 Å². The van der Waals surface area contributed by atoms with E-state index in [9.17, 15) is 13.2 Å². The van der Waals surface area contributed by atoms with E-state index in [-0.39, 0.29) is 5.78 Å². The van der Waals surface area contributed by atoms with Crippen LogP contribution in [0.1, 0.15) is 48.0 Å². The van der Waals surface area contributed by atoms with Gasteiger partial charge >= 0.3 is 0 Å². The molecule has 0 unspecified atom stereocenters. The van der Waals surface area contributed by atoms with Crippen molar-refractivity contribution in [1.29, 1.82) is 0 Å². The Balaban J connectivity index is 4.76. The van der Waals surface area contributed by atoms with E-state index in [4.69, 9.17) is 0 Å². The van der Waals surface area contributed by atoms with Crippen LogP contribution in [-0.2, 0) is 14.8 Å². The van der Waals surface area contributed by atoms with Crippen LogP contribution in [-0.4, -0.2) is 37.9 Å². The molecule has 0 saturated carbocycles. The normalized spacial score (nSPS) is 14.0. The summed E-state index contributed by atoms with van der Waals surface area (Å²) in [7, 11) is -3.18. The van der Waals surface area contributed by atoms with E-state index in [2.05, 4.69) is 0 Å². The molecule has 0 atom stereocenters. The van der Waals surface area contributed by atoms with Gasteiger partial charge in [-0.2, -0.15) is 0 Å². The highest BCUT2D eigenvalue weighted by molar-refractivity contribution is 7.88. The summed E-state index contributed by atoms with van der Waals surface area (Å²) in [4.78, 5) is 12.3. The Hall–Kier alpha value is -0.420. The lowest BCUT2D eigenvalue weighted by atomic mass is 9.73. The Labute approximate surface area is 112 Å². The maximum atomic E-state index is 12.3. The highest BCUT2D eigenvalue weighted by Gasteiger charge is 2.36. The maximum Gasteiger partial charge on any atom is 0.211 e. The summed E-state index contributed by atoms with van der Waals surface area (Å²) < 4.78 is 24.4. The molecule has 0 heterocycles. The van der Waals surface area contributed by atoms with E-state index >= 15 is 0 Å². The van der Waals surface area contributed by atoms with Gasteiger partial charge in [-0.25, -0.2) is 12.7 Å². The maximum absolute atomic E-state index is 12.3. The van der Waals surface area contributed by atoms with Crippen LogP contribution in [0.2, 0.25) is 0 Å². The number of Topliss-reactive ketones (excluding diaryl/α,β-unsaturated/α-hetero) is 1. The van der Waals surface area contributed by atoms with Gasteiger partial charge in [-0.1, -0.05) is 41.5 Å². The molecule has 0 aromatic rings. The van der Waals surface area contributed by atoms with E-state index in [0.29, 0.717) is 19.5 Å². The third kappa shape index (κ3) is 5.06. The fourth-order valence-corrected chi connectivity index (χ4v) is 2.98. The topological polar surface area (TPSA) is 54.5 Å². The van der Waals surface area contributed by atoms with Crippen LogP contribution in [0.25, 0.3) is 0 Å². The molecule has 0 N–H and O–H groups in total. The number of rotatable bonds is 6. The number of ketones is 1. The van der Waals surface area contributed by atoms with Gasteiger partial charge in [-0.05, 0) is 6.42 Å². The standard InChI is InChI=1S/C13H27NO3S/c1-8-14(18(7,16)17)10-9-13(5,6)11(15)12(2,3)4/h8-10H2,1-7H3. The van der Waals surface area contributed by atoms with E-state index in [1.807, 2.05) is 34.6 Å². The van der Waals surface area contributed by atoms with Crippen molar-refractivity contribution < 1.29 is 13.2 Å². The van der Waals surface area contributed by atoms with Crippen molar-refractivity contribution in [2.24, 2.45) is 10.8 Å². The first kappa shape index (κ1) is 17.6. The molecular formula is C13H27NO3S. The minimum atomic E-state index is -3.18. The van der Waals surface area contributed by atoms with Crippen molar-refractivity contribution in [3.63, 3.8) is 0 Å². The summed E-state index contributed by atoms with van der Waals surface area (Å²) in [5.41, 5.74) is -0.901. The molecule has 108 valence electrons. The van der Waals surface area contributed by atoms with Gasteiger partial charge in [0.1, 0.15) is 5.78 Å². The number of carbonyl (C=O) groups is 1. The van der Waals surface area contributed by atoms with Crippen molar-refractivity contribution in [3.05, 3.63) is 0 Å². The molecule has 0 aromatic carbocycles. The molecule has 0 bridgehead atoms. The fourth-order valence-electron chi connectivity index (χ4n) is 2.09. The largest absolute Gasteiger partial charge is 0.299 e. The fraction of sp³-hybridized carbons (Fsp3) is 0.923. The number of hydrogen-bond acceptors (Lipinski definition) is 3. The quantitative estimate of drug-likeness (QED) is 0.748. The van der Waals surface area contributed by atoms with Gasteiger partial charge in [0, 0.05) is 23.9 Å². The summed E-state index contributed by atoms with van der Waals surface area (Å²) in [5, 5.41) is 0. The van der Waals surface area contributed by atoms with Gasteiger partial charge in [0.15, 0.2) is 0 Å². The molecular weight excluding hydrogens is 250 g/mol. The molecule has 18 heavy (non-hydrogen) atoms. The Kier molecular flexibility index (Phi) is 5.56. The third-order valence-corrected chi connectivity index (χ3v) is 4.48. The molecule has 0 saturated heterocycles. The molecule has 0 rings (SSSR count). The van der Waals surface area contributed by atoms with Gasteiger partial charge in [0.25, 0.3) is 0 Å². The molecule has 0 fully saturated rings. The first-order valence-electron chi connectivity index (χ1n) is 6.32. The average Bonchev–Trinajstić information content (AvgIpc) is 2.13. The second kappa shape index (κ2) is 5.70. The summed E-state index contributed by atoms with van der Waals surface area (Å²) in [5.74, 6) is 0.166. The van der Waals surface area contributed by atoms with Crippen molar-refractivity contribution in [2.75, 3.05) is 19.3 Å². The first-order valence-corrected chi connectivity index (χ1v) is 8.17. The zero-order chi connectivity index (χ0) is 14.8. The van der Waals surface area contributed by atoms with E-state index in [1.54, 1.807) is 6.92 Å². The molecule has 5 heteroatoms. The van der Waals surface area contributed by atoms with Crippen molar-refractivity contribution in [1.82, 2.24) is 4.31 Å². The Bertz CT molecular complexity index is 391. The molecule has 0 radical (unpaired) electrons. The molecule has 0 amide bonds. The van der Waals surface area contributed by atoms with Crippen LogP contribution in [0.15, 0.2) is 0 Å². The van der Waals surface area contributed by atoms with Crippen molar-refractivity contribution in [3.8, 4) is 0 Å². The smallest absolute Gasteiger partial charge is 0.211 e. The molecule has 4 nitrogen and oxygen atoms in total. The second-order valence-corrected chi connectivity index (χ2v) is 8.45. The third-order valence-electron chi connectivity index (χ3n) is 3.10. The van der Waals surface area contributed by atoms with Crippen molar-refractivity contribution >= 4 is 15.8 Å². The Morgan fingerprint density at radius 3 is 1.83 bits per heavy atom. The predicted molar refractivity (Wildman–Crippen MR) is 75.0 cm³/mol. The minimum absolute atomic E-state index is 0.166. The minimum Gasteiger partial charge on any atom is -0.299 e. The zero-order valence-electron chi connectivity index (χ0n) is 12.7. The second-order valence-electron chi connectivity index (χ2n) is 6.47. The number of sulfonamides is 1. The molecule has 0 spiro atoms. The molecule has 0 aromatic heterocycles. The van der Waals surface area contributed by atoms with Gasteiger partial charge in [0.05, 0.1) is 6.26 Å². The van der Waals surface area contributed by atoms with Crippen LogP contribution in [0.4, 0.5) is 0 Å². The summed E-state index contributed by atoms with van der Waals surface area (Å²) in [6.45, 7) is 12.1. The lowest BCUT2D eigenvalue weighted by Crippen LogP contribution is -2.39. The highest BCUT2D eigenvalue weighted by atomic mass is 32.2. The summed E-state index contributed by atoms with van der Waals surface area (Å²) in [6, 6.07) is 0. The Morgan fingerprint density at radius 2 is 1.56 bits per heavy atom. The number of carbonyl (C=O) groups excluding carboxylic acids is 1. The van der Waals surface area contributed by atoms with Gasteiger partial charge in [-0.3, -0.25) is 4.79 Å². The Morgan fingerprint density at radius 1 is 1.11 bits per heavy atom. The van der Waals surface area contributed by atoms with Crippen LogP contribution in [0, 0.1) is 10.8 Å². The lowest BCUT2D eigenvalue weighted by molar-refractivity contribution is -0.135. The zero-order valence-corrected chi connectivity index (χ0v) is 13.5. The molecule has 0 aliphatic carbocycles. The number of hydrogen-bond donors (Lipinski definition) is 0. The highest BCUT2D eigenvalue weighted by Crippen LogP contribution is 2.32. The van der Waals surface area contributed by atoms with E-state index < -0.39 is 20.9 Å². The van der Waals surface area contributed by atoms with Crippen LogP contribution in [0.3, 0.4) is 0 Å². The van der Waals surface area contributed by atoms with E-state index in [0.717, 1.165) is 0 Å². The number of nitrogens with zero attached hydrogens (tertiary/aromatic N) is 1. The predicted octanol–water partition coefficient (Wildman–Crippen LogP) is 2.30. The summed E-state index contributed by atoms with van der Waals surface area (Å²) in [6.07, 6.45) is 1.75. The van der Waals surface area contributed by atoms with Crippen LogP contribution in [0.5, 0.6) is 0 Å².